The van der Waals surface area contributed by atoms with Crippen LogP contribution in [0.4, 0.5) is 16.3 Å². The second-order valence-corrected chi connectivity index (χ2v) is 12.1. The number of allylic oxidation sites excluding steroid dienone is 2. The summed E-state index contributed by atoms with van der Waals surface area (Å²) in [5, 5.41) is 8.43. The maximum atomic E-state index is 12.5. The van der Waals surface area contributed by atoms with E-state index in [1.54, 1.807) is 23.5 Å². The number of rotatable bonds is 9. The maximum absolute atomic E-state index is 12.5. The Morgan fingerprint density at radius 3 is 2.58 bits per heavy atom. The van der Waals surface area contributed by atoms with Gasteiger partial charge in [0.15, 0.2) is 5.82 Å². The van der Waals surface area contributed by atoms with E-state index in [1.165, 1.54) is 5.56 Å². The molecular formula is C36H41N7O2. The molecule has 5 rings (SSSR count). The van der Waals surface area contributed by atoms with Crippen LogP contribution in [-0.2, 0) is 17.7 Å². The van der Waals surface area contributed by atoms with Crippen LogP contribution < -0.4 is 21.2 Å². The summed E-state index contributed by atoms with van der Waals surface area (Å²) in [6, 6.07) is 18.4. The molecule has 9 heteroatoms. The largest absolute Gasteiger partial charge is 0.444 e. The summed E-state index contributed by atoms with van der Waals surface area (Å²) in [6.45, 7) is 11.7. The fraction of sp³-hybridized carbons (Fsp3) is 0.306. The number of hydrogen-bond acceptors (Lipinski definition) is 8. The molecule has 0 atom stereocenters. The molecule has 232 valence electrons. The SMILES string of the molecule is C=c1c(NCc2ccccn2)nc(-c2cncc(NC3CCN(C(=O)OC(C)(C)C)CC3)c2)n/c1=C/C=C\Cc1ccccc1. The number of carbonyl (C=O) groups excluding carboxylic acids is 1. The van der Waals surface area contributed by atoms with Gasteiger partial charge < -0.3 is 20.3 Å². The molecule has 0 radical (unpaired) electrons. The first kappa shape index (κ1) is 31.4. The third-order valence-corrected chi connectivity index (χ3v) is 7.30. The van der Waals surface area contributed by atoms with E-state index in [1.807, 2.05) is 75.4 Å². The maximum Gasteiger partial charge on any atom is 0.410 e. The summed E-state index contributed by atoms with van der Waals surface area (Å²) in [7, 11) is 0. The number of nitrogens with zero attached hydrogens (tertiary/aromatic N) is 5. The number of pyridine rings is 2. The van der Waals surface area contributed by atoms with Crippen LogP contribution in [0.3, 0.4) is 0 Å². The number of ether oxygens (including phenoxy) is 1. The molecule has 3 aromatic heterocycles. The van der Waals surface area contributed by atoms with Crippen molar-refractivity contribution in [3.05, 3.63) is 107 Å². The number of likely N-dealkylation sites (tertiary alicyclic amines) is 1. The second kappa shape index (κ2) is 14.6. The van der Waals surface area contributed by atoms with Crippen LogP contribution in [0.15, 0.2) is 85.3 Å². The summed E-state index contributed by atoms with van der Waals surface area (Å²) in [4.78, 5) is 32.9. The Morgan fingerprint density at radius 2 is 1.84 bits per heavy atom. The molecule has 1 aliphatic heterocycles. The van der Waals surface area contributed by atoms with E-state index >= 15 is 0 Å². The molecule has 4 aromatic rings. The van der Waals surface area contributed by atoms with Gasteiger partial charge in [0, 0.05) is 48.5 Å². The third-order valence-electron chi connectivity index (χ3n) is 7.30. The molecule has 4 heterocycles. The van der Waals surface area contributed by atoms with Gasteiger partial charge in [-0.25, -0.2) is 14.8 Å². The lowest BCUT2D eigenvalue weighted by molar-refractivity contribution is 0.0210. The number of carbonyl (C=O) groups is 1. The van der Waals surface area contributed by atoms with Crippen LogP contribution in [0.5, 0.6) is 0 Å². The first-order valence-corrected chi connectivity index (χ1v) is 15.3. The number of aromatic nitrogens is 4. The molecule has 0 spiro atoms. The lowest BCUT2D eigenvalue weighted by atomic mass is 10.0. The number of hydrogen-bond donors (Lipinski definition) is 2. The number of benzene rings is 1. The summed E-state index contributed by atoms with van der Waals surface area (Å²) in [5.74, 6) is 1.19. The Kier molecular flexibility index (Phi) is 10.2. The fourth-order valence-electron chi connectivity index (χ4n) is 4.98. The zero-order valence-electron chi connectivity index (χ0n) is 26.2. The van der Waals surface area contributed by atoms with Crippen molar-refractivity contribution in [3.8, 4) is 11.4 Å². The van der Waals surface area contributed by atoms with Crippen LogP contribution in [-0.4, -0.2) is 55.7 Å². The molecule has 0 aliphatic carbocycles. The van der Waals surface area contributed by atoms with E-state index in [4.69, 9.17) is 14.7 Å². The zero-order chi connectivity index (χ0) is 31.6. The van der Waals surface area contributed by atoms with Gasteiger partial charge in [0.05, 0.1) is 23.3 Å². The molecule has 1 fully saturated rings. The highest BCUT2D eigenvalue weighted by Gasteiger charge is 2.27. The van der Waals surface area contributed by atoms with Crippen molar-refractivity contribution in [1.82, 2.24) is 24.8 Å². The van der Waals surface area contributed by atoms with E-state index in [9.17, 15) is 4.79 Å². The topological polar surface area (TPSA) is 105 Å². The van der Waals surface area contributed by atoms with Crippen LogP contribution in [0.2, 0.25) is 0 Å². The van der Waals surface area contributed by atoms with E-state index in [0.29, 0.717) is 36.5 Å². The first-order valence-electron chi connectivity index (χ1n) is 15.3. The average Bonchev–Trinajstić information content (AvgIpc) is 3.04. The molecule has 0 unspecified atom stereocenters. The van der Waals surface area contributed by atoms with Gasteiger partial charge in [-0.2, -0.15) is 0 Å². The zero-order valence-corrected chi connectivity index (χ0v) is 26.2. The van der Waals surface area contributed by atoms with Gasteiger partial charge in [0.25, 0.3) is 0 Å². The lowest BCUT2D eigenvalue weighted by Crippen LogP contribution is -2.44. The fourth-order valence-corrected chi connectivity index (χ4v) is 4.98. The minimum atomic E-state index is -0.504. The molecule has 45 heavy (non-hydrogen) atoms. The molecule has 0 bridgehead atoms. The molecule has 1 aliphatic rings. The van der Waals surface area contributed by atoms with Gasteiger partial charge in [-0.3, -0.25) is 9.97 Å². The normalized spacial score (nSPS) is 14.5. The number of anilines is 2. The van der Waals surface area contributed by atoms with Crippen LogP contribution >= 0.6 is 0 Å². The predicted octanol–water partition coefficient (Wildman–Crippen LogP) is 5.35. The predicted molar refractivity (Wildman–Crippen MR) is 180 cm³/mol. The van der Waals surface area contributed by atoms with Crippen molar-refractivity contribution in [2.24, 2.45) is 0 Å². The van der Waals surface area contributed by atoms with Gasteiger partial charge in [0.2, 0.25) is 0 Å². The Labute approximate surface area is 264 Å². The van der Waals surface area contributed by atoms with Gasteiger partial charge in [0.1, 0.15) is 11.4 Å². The minimum absolute atomic E-state index is 0.207. The molecule has 1 saturated heterocycles. The molecule has 2 N–H and O–H groups in total. The Hall–Kier alpha value is -5.05. The van der Waals surface area contributed by atoms with Crippen molar-refractivity contribution < 1.29 is 9.53 Å². The quantitative estimate of drug-likeness (QED) is 0.264. The molecule has 1 amide bonds. The molecule has 1 aromatic carbocycles. The van der Waals surface area contributed by atoms with E-state index in [0.717, 1.165) is 41.6 Å². The highest BCUT2D eigenvalue weighted by molar-refractivity contribution is 5.68. The van der Waals surface area contributed by atoms with Crippen molar-refractivity contribution in [1.29, 1.82) is 0 Å². The standard InChI is InChI=1S/C36H41N7O2/c1-26-32(16-9-8-14-27-12-6-5-7-13-27)41-34(42-33(26)39-25-30-15-10-11-19-38-30)28-22-31(24-37-23-28)40-29-17-20-43(21-18-29)35(44)45-36(2,3)4/h5-13,15-16,19,22-24,29,40H,1,14,17-18,20-21,25H2,2-4H3,(H,39,41,42)/b9-8-,32-16+. The smallest absolute Gasteiger partial charge is 0.410 e. The molecule has 0 saturated carbocycles. The van der Waals surface area contributed by atoms with Crippen molar-refractivity contribution in [2.45, 2.75) is 58.2 Å². The third kappa shape index (κ3) is 9.22. The molecular weight excluding hydrogens is 562 g/mol. The monoisotopic (exact) mass is 603 g/mol. The second-order valence-electron chi connectivity index (χ2n) is 12.1. The number of amides is 1. The van der Waals surface area contributed by atoms with E-state index in [2.05, 4.69) is 45.4 Å². The number of nitrogens with one attached hydrogen (secondary N) is 2. The van der Waals surface area contributed by atoms with Gasteiger partial charge >= 0.3 is 6.09 Å². The van der Waals surface area contributed by atoms with Gasteiger partial charge in [-0.1, -0.05) is 55.1 Å². The van der Waals surface area contributed by atoms with Crippen molar-refractivity contribution in [3.63, 3.8) is 0 Å². The summed E-state index contributed by atoms with van der Waals surface area (Å²) < 4.78 is 5.54. The van der Waals surface area contributed by atoms with Gasteiger partial charge in [-0.05, 0) is 69.9 Å². The molecule has 9 nitrogen and oxygen atoms in total. The summed E-state index contributed by atoms with van der Waals surface area (Å²) in [5.41, 5.74) is 3.30. The van der Waals surface area contributed by atoms with Crippen molar-refractivity contribution in [2.75, 3.05) is 23.7 Å². The van der Waals surface area contributed by atoms with Crippen LogP contribution in [0, 0.1) is 0 Å². The Balaban J connectivity index is 1.34. The highest BCUT2D eigenvalue weighted by atomic mass is 16.6. The lowest BCUT2D eigenvalue weighted by Gasteiger charge is -2.34. The first-order chi connectivity index (χ1) is 21.7. The van der Waals surface area contributed by atoms with E-state index in [-0.39, 0.29) is 12.1 Å². The van der Waals surface area contributed by atoms with Gasteiger partial charge in [-0.15, -0.1) is 0 Å². The Bertz CT molecular complexity index is 1710. The van der Waals surface area contributed by atoms with Crippen LogP contribution in [0.25, 0.3) is 24.0 Å². The minimum Gasteiger partial charge on any atom is -0.444 e. The summed E-state index contributed by atoms with van der Waals surface area (Å²) >= 11 is 0. The van der Waals surface area contributed by atoms with Crippen LogP contribution in [0.1, 0.15) is 44.9 Å². The highest BCUT2D eigenvalue weighted by Crippen LogP contribution is 2.22. The van der Waals surface area contributed by atoms with E-state index < -0.39 is 5.60 Å². The van der Waals surface area contributed by atoms with Crippen molar-refractivity contribution >= 4 is 30.3 Å². The average molecular weight is 604 g/mol. The summed E-state index contributed by atoms with van der Waals surface area (Å²) in [6.07, 6.45) is 13.6. The number of piperidine rings is 1. The Morgan fingerprint density at radius 1 is 1.07 bits per heavy atom.